The van der Waals surface area contributed by atoms with Gasteiger partial charge in [-0.1, -0.05) is 5.16 Å². The summed E-state index contributed by atoms with van der Waals surface area (Å²) in [5, 5.41) is 15.6. The summed E-state index contributed by atoms with van der Waals surface area (Å²) in [4.78, 5) is 26.4. The molecule has 0 saturated carbocycles. The Morgan fingerprint density at radius 2 is 2.26 bits per heavy atom. The van der Waals surface area contributed by atoms with E-state index in [0.29, 0.717) is 22.4 Å². The van der Waals surface area contributed by atoms with E-state index in [4.69, 9.17) is 9.63 Å². The Balaban J connectivity index is 2.17. The van der Waals surface area contributed by atoms with Crippen molar-refractivity contribution >= 4 is 23.0 Å². The highest BCUT2D eigenvalue weighted by atomic mass is 16.5. The van der Waals surface area contributed by atoms with Crippen LogP contribution in [0.25, 0.3) is 11.1 Å². The van der Waals surface area contributed by atoms with E-state index in [-0.39, 0.29) is 12.3 Å². The summed E-state index contributed by atoms with van der Waals surface area (Å²) in [7, 11) is 0. The molecule has 19 heavy (non-hydrogen) atoms. The van der Waals surface area contributed by atoms with Crippen molar-refractivity contribution in [3.05, 3.63) is 23.5 Å². The van der Waals surface area contributed by atoms with E-state index in [1.165, 1.54) is 6.20 Å². The molecule has 0 bridgehead atoms. The van der Waals surface area contributed by atoms with Crippen LogP contribution in [0, 0.1) is 6.92 Å². The van der Waals surface area contributed by atoms with Gasteiger partial charge in [0.2, 0.25) is 0 Å². The van der Waals surface area contributed by atoms with Gasteiger partial charge in [-0.2, -0.15) is 0 Å². The van der Waals surface area contributed by atoms with Crippen LogP contribution in [0.3, 0.4) is 0 Å². The number of nitrogens with one attached hydrogen (secondary N) is 1. The van der Waals surface area contributed by atoms with Gasteiger partial charge < -0.3 is 14.9 Å². The largest absolute Gasteiger partial charge is 0.481 e. The molecule has 2 rings (SSSR count). The summed E-state index contributed by atoms with van der Waals surface area (Å²) < 4.78 is 4.95. The van der Waals surface area contributed by atoms with E-state index in [2.05, 4.69) is 15.5 Å². The van der Waals surface area contributed by atoms with E-state index in [9.17, 15) is 9.59 Å². The quantitative estimate of drug-likeness (QED) is 0.856. The third-order valence-electron chi connectivity index (χ3n) is 2.63. The van der Waals surface area contributed by atoms with Crippen molar-refractivity contribution in [1.29, 1.82) is 0 Å². The van der Waals surface area contributed by atoms with E-state index >= 15 is 0 Å². The van der Waals surface area contributed by atoms with Gasteiger partial charge in [0.25, 0.3) is 11.6 Å². The lowest BCUT2D eigenvalue weighted by Gasteiger charge is -2.11. The Bertz CT molecular complexity index is 635. The average molecular weight is 263 g/mol. The molecule has 0 aliphatic heterocycles. The van der Waals surface area contributed by atoms with Crippen molar-refractivity contribution in [2.45, 2.75) is 26.3 Å². The summed E-state index contributed by atoms with van der Waals surface area (Å²) in [6.45, 7) is 3.38. The number of hydrogen-bond donors (Lipinski definition) is 2. The molecule has 0 fully saturated rings. The van der Waals surface area contributed by atoms with E-state index in [1.54, 1.807) is 19.9 Å². The normalized spacial score (nSPS) is 12.3. The first-order valence-corrected chi connectivity index (χ1v) is 5.72. The Kier molecular flexibility index (Phi) is 3.46. The van der Waals surface area contributed by atoms with Crippen molar-refractivity contribution < 1.29 is 19.2 Å². The lowest BCUT2D eigenvalue weighted by molar-refractivity contribution is -0.137. The number of carbonyl (C=O) groups excluding carboxylic acids is 1. The predicted molar refractivity (Wildman–Crippen MR) is 65.7 cm³/mol. The number of pyridine rings is 1. The van der Waals surface area contributed by atoms with Gasteiger partial charge in [-0.15, -0.1) is 0 Å². The van der Waals surface area contributed by atoms with E-state index < -0.39 is 12.0 Å². The van der Waals surface area contributed by atoms with E-state index in [1.807, 2.05) is 0 Å². The van der Waals surface area contributed by atoms with Gasteiger partial charge in [-0.3, -0.25) is 9.59 Å². The van der Waals surface area contributed by atoms with Gasteiger partial charge in [0.1, 0.15) is 0 Å². The van der Waals surface area contributed by atoms with Crippen LogP contribution < -0.4 is 5.32 Å². The highest BCUT2D eigenvalue weighted by Gasteiger charge is 2.15. The molecule has 0 saturated heterocycles. The minimum Gasteiger partial charge on any atom is -0.481 e. The summed E-state index contributed by atoms with van der Waals surface area (Å²) in [5.74, 6) is -1.33. The Labute approximate surface area is 108 Å². The first kappa shape index (κ1) is 13.0. The maximum atomic E-state index is 11.9. The molecule has 2 heterocycles. The van der Waals surface area contributed by atoms with Crippen molar-refractivity contribution in [3.63, 3.8) is 0 Å². The molecule has 100 valence electrons. The molecule has 0 aromatic carbocycles. The number of aliphatic carboxylic acids is 1. The maximum absolute atomic E-state index is 11.9. The minimum absolute atomic E-state index is 0.131. The molecule has 1 amide bonds. The molecular weight excluding hydrogens is 250 g/mol. The van der Waals surface area contributed by atoms with Crippen LogP contribution in [0.5, 0.6) is 0 Å². The lowest BCUT2D eigenvalue weighted by Crippen LogP contribution is -2.34. The van der Waals surface area contributed by atoms with Gasteiger partial charge in [0, 0.05) is 12.2 Å². The number of nitrogens with zero attached hydrogens (tertiary/aromatic N) is 2. The molecule has 2 aromatic rings. The van der Waals surface area contributed by atoms with Gasteiger partial charge in [-0.05, 0) is 19.9 Å². The number of aryl methyl sites for hydroxylation is 1. The molecule has 0 aliphatic rings. The smallest absolute Gasteiger partial charge is 0.305 e. The average Bonchev–Trinajstić information content (AvgIpc) is 2.69. The minimum atomic E-state index is -0.962. The fourth-order valence-corrected chi connectivity index (χ4v) is 1.69. The molecule has 2 aromatic heterocycles. The number of carboxylic acids is 1. The van der Waals surface area contributed by atoms with Crippen molar-refractivity contribution in [2.24, 2.45) is 0 Å². The van der Waals surface area contributed by atoms with Gasteiger partial charge in [0.15, 0.2) is 0 Å². The number of hydrogen-bond acceptors (Lipinski definition) is 5. The van der Waals surface area contributed by atoms with Gasteiger partial charge >= 0.3 is 5.97 Å². The summed E-state index contributed by atoms with van der Waals surface area (Å²) >= 11 is 0. The monoisotopic (exact) mass is 263 g/mol. The SMILES string of the molecule is Cc1noc2ncc(C(=O)NC(C)CC(=O)O)cc12. The zero-order valence-corrected chi connectivity index (χ0v) is 10.5. The highest BCUT2D eigenvalue weighted by Crippen LogP contribution is 2.16. The first-order valence-electron chi connectivity index (χ1n) is 5.72. The van der Waals surface area contributed by atoms with Crippen molar-refractivity contribution in [3.8, 4) is 0 Å². The molecule has 7 nitrogen and oxygen atoms in total. The Morgan fingerprint density at radius 3 is 2.95 bits per heavy atom. The number of carbonyl (C=O) groups is 2. The molecule has 1 unspecified atom stereocenters. The van der Waals surface area contributed by atoms with Crippen LogP contribution in [0.2, 0.25) is 0 Å². The van der Waals surface area contributed by atoms with Crippen LogP contribution in [-0.2, 0) is 4.79 Å². The topological polar surface area (TPSA) is 105 Å². The Hall–Kier alpha value is -2.44. The molecule has 2 N–H and O–H groups in total. The fourth-order valence-electron chi connectivity index (χ4n) is 1.69. The molecule has 1 atom stereocenters. The number of aromatic nitrogens is 2. The third kappa shape index (κ3) is 2.87. The molecule has 7 heteroatoms. The lowest BCUT2D eigenvalue weighted by atomic mass is 10.1. The number of rotatable bonds is 4. The van der Waals surface area contributed by atoms with E-state index in [0.717, 1.165) is 0 Å². The predicted octanol–water partition coefficient (Wildman–Crippen LogP) is 1.12. The van der Waals surface area contributed by atoms with Gasteiger partial charge in [0.05, 0.1) is 23.1 Å². The van der Waals surface area contributed by atoms with Crippen LogP contribution in [0.15, 0.2) is 16.8 Å². The van der Waals surface area contributed by atoms with Crippen LogP contribution in [0.1, 0.15) is 29.4 Å². The zero-order chi connectivity index (χ0) is 14.0. The molecule has 0 radical (unpaired) electrons. The fraction of sp³-hybridized carbons (Fsp3) is 0.333. The van der Waals surface area contributed by atoms with Crippen LogP contribution in [0.4, 0.5) is 0 Å². The second-order valence-corrected chi connectivity index (χ2v) is 4.32. The Morgan fingerprint density at radius 1 is 1.53 bits per heavy atom. The summed E-state index contributed by atoms with van der Waals surface area (Å²) in [6, 6.07) is 1.17. The first-order chi connectivity index (χ1) is 8.97. The van der Waals surface area contributed by atoms with Crippen molar-refractivity contribution in [1.82, 2.24) is 15.5 Å². The second kappa shape index (κ2) is 5.05. The van der Waals surface area contributed by atoms with Crippen molar-refractivity contribution in [2.75, 3.05) is 0 Å². The molecule has 0 spiro atoms. The highest BCUT2D eigenvalue weighted by molar-refractivity contribution is 5.97. The summed E-state index contributed by atoms with van der Waals surface area (Å²) in [5.41, 5.74) is 1.36. The van der Waals surface area contributed by atoms with Gasteiger partial charge in [-0.25, -0.2) is 4.98 Å². The van der Waals surface area contributed by atoms with Crippen LogP contribution in [-0.4, -0.2) is 33.2 Å². The number of carboxylic acid groups (broad SMARTS) is 1. The molecule has 0 aliphatic carbocycles. The zero-order valence-electron chi connectivity index (χ0n) is 10.5. The number of fused-ring (bicyclic) bond motifs is 1. The number of amides is 1. The maximum Gasteiger partial charge on any atom is 0.305 e. The standard InChI is InChI=1S/C12H13N3O4/c1-6(3-10(16)17)14-11(18)8-4-9-7(2)15-19-12(9)13-5-8/h4-6H,3H2,1-2H3,(H,14,18)(H,16,17). The van der Waals surface area contributed by atoms with Crippen LogP contribution >= 0.6 is 0 Å². The molecular formula is C12H13N3O4. The third-order valence-corrected chi connectivity index (χ3v) is 2.63. The summed E-state index contributed by atoms with van der Waals surface area (Å²) in [6.07, 6.45) is 1.24. The second-order valence-electron chi connectivity index (χ2n) is 4.32.